The second kappa shape index (κ2) is 55.6. The predicted molar refractivity (Wildman–Crippen MR) is 311 cm³/mol. The first-order valence-electron chi connectivity index (χ1n) is 29.3. The predicted octanol–water partition coefficient (Wildman–Crippen LogP) is -1.53. The SMILES string of the molecule is COCCOCCNC(=O)CCC(=O)NCCCCC(NC(=O)CCC(=O)NCCOCCOC)C(=O)NC(CCCCNC(=O)CCC(=O)NCCOCCOC)C(=O)NCCOCCOCCC(=O)NCCCCC(CO)COP(C)(=O)O. The molecule has 0 fully saturated rings. The van der Waals surface area contributed by atoms with Gasteiger partial charge in [-0.1, -0.05) is 6.42 Å². The molecule has 494 valence electrons. The Bertz CT molecular complexity index is 1870. The number of rotatable bonds is 59. The molecule has 0 aromatic heterocycles. The summed E-state index contributed by atoms with van der Waals surface area (Å²) in [6, 6.07) is -2.25. The molecule has 85 heavy (non-hydrogen) atoms. The maximum Gasteiger partial charge on any atom is 0.325 e. The molecule has 0 aliphatic rings. The summed E-state index contributed by atoms with van der Waals surface area (Å²) in [5, 5.41) is 34.1. The summed E-state index contributed by atoms with van der Waals surface area (Å²) in [4.78, 5) is 124. The number of aliphatic hydroxyl groups is 1. The van der Waals surface area contributed by atoms with Gasteiger partial charge in [-0.25, -0.2) is 0 Å². The summed E-state index contributed by atoms with van der Waals surface area (Å²) in [6.45, 7) is 6.30. The van der Waals surface area contributed by atoms with Gasteiger partial charge in [-0.15, -0.1) is 0 Å². The molecular formula is C54H102N9O21P. The molecule has 9 amide bonds. The molecule has 0 aromatic carbocycles. The zero-order chi connectivity index (χ0) is 63.0. The quantitative estimate of drug-likeness (QED) is 0.0243. The molecule has 0 rings (SSSR count). The van der Waals surface area contributed by atoms with Crippen LogP contribution >= 0.6 is 7.60 Å². The van der Waals surface area contributed by atoms with Gasteiger partial charge in [0.15, 0.2) is 0 Å². The molecule has 0 heterocycles. The lowest BCUT2D eigenvalue weighted by Crippen LogP contribution is -2.54. The van der Waals surface area contributed by atoms with E-state index in [9.17, 15) is 57.7 Å². The van der Waals surface area contributed by atoms with Gasteiger partial charge in [-0.2, -0.15) is 0 Å². The third-order valence-electron chi connectivity index (χ3n) is 12.1. The van der Waals surface area contributed by atoms with Gasteiger partial charge in [0.1, 0.15) is 12.1 Å². The van der Waals surface area contributed by atoms with Gasteiger partial charge >= 0.3 is 7.60 Å². The molecule has 0 aliphatic heterocycles. The van der Waals surface area contributed by atoms with Crippen molar-refractivity contribution in [3.05, 3.63) is 0 Å². The fraction of sp³-hybridized carbons (Fsp3) is 0.833. The van der Waals surface area contributed by atoms with E-state index in [0.29, 0.717) is 104 Å². The smallest absolute Gasteiger partial charge is 0.325 e. The molecule has 0 bridgehead atoms. The Morgan fingerprint density at radius 2 is 0.706 bits per heavy atom. The fourth-order valence-electron chi connectivity index (χ4n) is 7.32. The summed E-state index contributed by atoms with van der Waals surface area (Å²) in [5.41, 5.74) is 0. The van der Waals surface area contributed by atoms with Gasteiger partial charge in [-0.05, 0) is 51.4 Å². The van der Waals surface area contributed by atoms with Crippen molar-refractivity contribution in [2.75, 3.05) is 173 Å². The van der Waals surface area contributed by atoms with Crippen LogP contribution in [0.5, 0.6) is 0 Å². The minimum atomic E-state index is -3.63. The lowest BCUT2D eigenvalue weighted by Gasteiger charge is -2.23. The first-order valence-corrected chi connectivity index (χ1v) is 31.4. The van der Waals surface area contributed by atoms with Crippen molar-refractivity contribution < 1.29 is 100 Å². The van der Waals surface area contributed by atoms with Crippen LogP contribution in [0.1, 0.15) is 103 Å². The van der Waals surface area contributed by atoms with E-state index in [4.69, 9.17) is 42.4 Å². The topological polar surface area (TPSA) is 402 Å². The van der Waals surface area contributed by atoms with Crippen molar-refractivity contribution in [1.82, 2.24) is 47.9 Å². The third kappa shape index (κ3) is 53.0. The maximum absolute atomic E-state index is 14.1. The Morgan fingerprint density at radius 3 is 1.09 bits per heavy atom. The van der Waals surface area contributed by atoms with Crippen molar-refractivity contribution in [1.29, 1.82) is 0 Å². The summed E-state index contributed by atoms with van der Waals surface area (Å²) in [5.74, 6) is -4.02. The highest BCUT2D eigenvalue weighted by Gasteiger charge is 2.27. The number of carbonyl (C=O) groups is 9. The molecule has 0 saturated heterocycles. The van der Waals surface area contributed by atoms with Crippen LogP contribution in [0.25, 0.3) is 0 Å². The van der Waals surface area contributed by atoms with E-state index in [0.717, 1.165) is 6.66 Å². The molecule has 0 spiro atoms. The van der Waals surface area contributed by atoms with Crippen LogP contribution < -0.4 is 47.9 Å². The Balaban J connectivity index is 5.53. The molecule has 11 N–H and O–H groups in total. The molecule has 30 nitrogen and oxygen atoms in total. The molecule has 0 aromatic rings. The highest BCUT2D eigenvalue weighted by Crippen LogP contribution is 2.37. The summed E-state index contributed by atoms with van der Waals surface area (Å²) in [6.07, 6.45) is 3.12. The minimum absolute atomic E-state index is 0.0268. The van der Waals surface area contributed by atoms with Crippen LogP contribution in [-0.4, -0.2) is 248 Å². The second-order valence-electron chi connectivity index (χ2n) is 19.5. The number of amides is 9. The number of unbranched alkanes of at least 4 members (excludes halogenated alkanes) is 3. The summed E-state index contributed by atoms with van der Waals surface area (Å²) < 4.78 is 58.1. The molecule has 4 atom stereocenters. The van der Waals surface area contributed by atoms with E-state index in [1.165, 1.54) is 7.11 Å². The van der Waals surface area contributed by atoms with Crippen LogP contribution in [0.4, 0.5) is 0 Å². The van der Waals surface area contributed by atoms with Crippen molar-refractivity contribution in [3.63, 3.8) is 0 Å². The van der Waals surface area contributed by atoms with Crippen LogP contribution in [-0.2, 0) is 90.1 Å². The van der Waals surface area contributed by atoms with Gasteiger partial charge in [-0.3, -0.25) is 47.7 Å². The molecule has 31 heteroatoms. The number of ether oxygens (including phenoxy) is 8. The lowest BCUT2D eigenvalue weighted by atomic mass is 10.0. The van der Waals surface area contributed by atoms with Gasteiger partial charge in [0.05, 0.1) is 92.5 Å². The van der Waals surface area contributed by atoms with Crippen molar-refractivity contribution >= 4 is 60.8 Å². The van der Waals surface area contributed by atoms with Crippen molar-refractivity contribution in [2.24, 2.45) is 5.92 Å². The molecule has 0 radical (unpaired) electrons. The molecule has 0 aliphatic carbocycles. The summed E-state index contributed by atoms with van der Waals surface area (Å²) in [7, 11) is 1.01. The number of aliphatic hydroxyl groups excluding tert-OH is 1. The Morgan fingerprint density at radius 1 is 0.376 bits per heavy atom. The van der Waals surface area contributed by atoms with Crippen LogP contribution in [0.15, 0.2) is 0 Å². The summed E-state index contributed by atoms with van der Waals surface area (Å²) >= 11 is 0. The van der Waals surface area contributed by atoms with E-state index in [1.54, 1.807) is 14.2 Å². The average Bonchev–Trinajstić information content (AvgIpc) is 3.58. The zero-order valence-electron chi connectivity index (χ0n) is 50.7. The molecule has 4 unspecified atom stereocenters. The van der Waals surface area contributed by atoms with Crippen molar-refractivity contribution in [3.8, 4) is 0 Å². The van der Waals surface area contributed by atoms with E-state index in [-0.39, 0.29) is 179 Å². The van der Waals surface area contributed by atoms with E-state index < -0.39 is 43.3 Å². The van der Waals surface area contributed by atoms with Crippen LogP contribution in [0, 0.1) is 5.92 Å². The first kappa shape index (κ1) is 80.0. The number of hydrogen-bond acceptors (Lipinski definition) is 20. The first-order chi connectivity index (χ1) is 40.9. The van der Waals surface area contributed by atoms with Gasteiger partial charge in [0, 0.05) is 131 Å². The number of carbonyl (C=O) groups excluding carboxylic acids is 9. The Labute approximate surface area is 501 Å². The van der Waals surface area contributed by atoms with Gasteiger partial charge < -0.3 is 100 Å². The minimum Gasteiger partial charge on any atom is -0.396 e. The Kier molecular flexibility index (Phi) is 52.3. The highest BCUT2D eigenvalue weighted by molar-refractivity contribution is 7.51. The molecular weight excluding hydrogens is 1140 g/mol. The number of hydrogen-bond donors (Lipinski definition) is 11. The standard InChI is InChI=1S/C54H102N9O21P/c1-76-33-36-80-29-24-58-48(67)16-14-46(65)55-22-9-6-12-44(53(72)61-27-32-83-40-39-79-28-20-51(70)57-21-8-5-11-43(41-64)42-84-85(4,74)75)63-54(73)45(62-52(71)19-18-50(69)60-26-31-82-38-35-78-3)13-7-10-23-56-47(66)15-17-49(68)59-25-30-81-37-34-77-2/h43-45,64H,5-42H2,1-4H3,(H,55,65)(H,56,66)(H,57,70)(H,58,67)(H,59,68)(H,60,69)(H,61,72)(H,62,71)(H,63,73)(H,74,75). The monoisotopic (exact) mass is 1240 g/mol. The number of nitrogens with one attached hydrogen (secondary N) is 9. The van der Waals surface area contributed by atoms with E-state index in [2.05, 4.69) is 47.9 Å². The van der Waals surface area contributed by atoms with Crippen LogP contribution in [0.3, 0.4) is 0 Å². The van der Waals surface area contributed by atoms with Crippen molar-refractivity contribution in [2.45, 2.75) is 115 Å². The normalized spacial score (nSPS) is 12.9. The zero-order valence-corrected chi connectivity index (χ0v) is 51.6. The lowest BCUT2D eigenvalue weighted by molar-refractivity contribution is -0.133. The van der Waals surface area contributed by atoms with E-state index >= 15 is 0 Å². The van der Waals surface area contributed by atoms with Gasteiger partial charge in [0.25, 0.3) is 0 Å². The average molecular weight is 1240 g/mol. The largest absolute Gasteiger partial charge is 0.396 e. The Hall–Kier alpha value is -4.98. The van der Waals surface area contributed by atoms with E-state index in [1.807, 2.05) is 0 Å². The highest BCUT2D eigenvalue weighted by atomic mass is 31.2. The van der Waals surface area contributed by atoms with Gasteiger partial charge in [0.2, 0.25) is 53.2 Å². The third-order valence-corrected chi connectivity index (χ3v) is 12.7. The fourth-order valence-corrected chi connectivity index (χ4v) is 7.81. The van der Waals surface area contributed by atoms with Crippen LogP contribution in [0.2, 0.25) is 0 Å². The molecule has 0 saturated carbocycles. The second-order valence-corrected chi connectivity index (χ2v) is 21.4. The number of methoxy groups -OCH3 is 3. The maximum atomic E-state index is 14.1.